The molecular formula is C18H30O8. The molecule has 0 aliphatic heterocycles. The molecule has 26 heavy (non-hydrogen) atoms. The summed E-state index contributed by atoms with van der Waals surface area (Å²) in [6.45, 7) is 0. The van der Waals surface area contributed by atoms with E-state index in [0.717, 1.165) is 0 Å². The molecule has 0 bridgehead atoms. The van der Waals surface area contributed by atoms with E-state index in [9.17, 15) is 29.4 Å². The van der Waals surface area contributed by atoms with Crippen LogP contribution in [0.4, 0.5) is 0 Å². The van der Waals surface area contributed by atoms with Gasteiger partial charge < -0.3 is 20.4 Å². The molecule has 8 heteroatoms. The molecule has 4 N–H and O–H groups in total. The molecule has 0 aliphatic carbocycles. The molecule has 0 saturated carbocycles. The van der Waals surface area contributed by atoms with Gasteiger partial charge in [0.25, 0.3) is 0 Å². The Bertz CT molecular complexity index is 418. The minimum atomic E-state index is -0.899. The van der Waals surface area contributed by atoms with Crippen LogP contribution in [0.25, 0.3) is 0 Å². The summed E-state index contributed by atoms with van der Waals surface area (Å²) in [5.41, 5.74) is 0. The average molecular weight is 374 g/mol. The first-order chi connectivity index (χ1) is 12.2. The molecule has 0 amide bonds. The molecule has 0 aromatic carbocycles. The van der Waals surface area contributed by atoms with Crippen molar-refractivity contribution in [3.63, 3.8) is 0 Å². The second kappa shape index (κ2) is 14.1. The van der Waals surface area contributed by atoms with Crippen molar-refractivity contribution >= 4 is 23.9 Å². The summed E-state index contributed by atoms with van der Waals surface area (Å²) in [6.07, 6.45) is 5.05. The van der Waals surface area contributed by atoms with Crippen molar-refractivity contribution in [1.29, 1.82) is 0 Å². The van der Waals surface area contributed by atoms with Crippen LogP contribution in [0.2, 0.25) is 0 Å². The Morgan fingerprint density at radius 3 is 1.00 bits per heavy atom. The second-order valence-electron chi connectivity index (χ2n) is 6.63. The second-order valence-corrected chi connectivity index (χ2v) is 6.63. The molecule has 0 aromatic rings. The maximum Gasteiger partial charge on any atom is 0.306 e. The molecule has 150 valence electrons. The fourth-order valence-corrected chi connectivity index (χ4v) is 2.90. The predicted octanol–water partition coefficient (Wildman–Crippen LogP) is 3.24. The Hall–Kier alpha value is -2.12. The highest BCUT2D eigenvalue weighted by molar-refractivity contribution is 5.70. The maximum atomic E-state index is 11.2. The van der Waals surface area contributed by atoms with E-state index in [2.05, 4.69) is 0 Å². The van der Waals surface area contributed by atoms with E-state index in [0.29, 0.717) is 64.2 Å². The van der Waals surface area contributed by atoms with Crippen LogP contribution >= 0.6 is 0 Å². The molecule has 0 heterocycles. The van der Waals surface area contributed by atoms with Gasteiger partial charge in [0.15, 0.2) is 0 Å². The van der Waals surface area contributed by atoms with Crippen LogP contribution in [0.3, 0.4) is 0 Å². The normalized spacial score (nSPS) is 13.1. The summed E-state index contributed by atoms with van der Waals surface area (Å²) in [6, 6.07) is 0. The topological polar surface area (TPSA) is 149 Å². The minimum Gasteiger partial charge on any atom is -0.481 e. The lowest BCUT2D eigenvalue weighted by atomic mass is 9.91. The van der Waals surface area contributed by atoms with E-state index in [4.69, 9.17) is 10.2 Å². The van der Waals surface area contributed by atoms with E-state index in [1.807, 2.05) is 0 Å². The molecule has 0 aromatic heterocycles. The van der Waals surface area contributed by atoms with Crippen molar-refractivity contribution in [2.45, 2.75) is 77.0 Å². The molecule has 0 aliphatic rings. The Kier molecular flexibility index (Phi) is 12.9. The Balaban J connectivity index is 4.05. The summed E-state index contributed by atoms with van der Waals surface area (Å²) >= 11 is 0. The van der Waals surface area contributed by atoms with Crippen molar-refractivity contribution < 1.29 is 39.6 Å². The predicted molar refractivity (Wildman–Crippen MR) is 92.9 cm³/mol. The molecule has 0 fully saturated rings. The van der Waals surface area contributed by atoms with Crippen molar-refractivity contribution in [2.24, 2.45) is 11.8 Å². The Morgan fingerprint density at radius 2 is 0.769 bits per heavy atom. The molecule has 0 spiro atoms. The number of carbonyl (C=O) groups is 4. The van der Waals surface area contributed by atoms with Gasteiger partial charge >= 0.3 is 23.9 Å². The molecule has 0 radical (unpaired) electrons. The van der Waals surface area contributed by atoms with E-state index >= 15 is 0 Å². The fraction of sp³-hybridized carbons (Fsp3) is 0.778. The van der Waals surface area contributed by atoms with Crippen LogP contribution in [-0.4, -0.2) is 44.3 Å². The van der Waals surface area contributed by atoms with Crippen LogP contribution < -0.4 is 0 Å². The zero-order valence-electron chi connectivity index (χ0n) is 15.1. The molecule has 0 saturated heterocycles. The minimum absolute atomic E-state index is 0.0362. The van der Waals surface area contributed by atoms with E-state index in [-0.39, 0.29) is 12.8 Å². The van der Waals surface area contributed by atoms with Crippen LogP contribution in [0.5, 0.6) is 0 Å². The van der Waals surface area contributed by atoms with Gasteiger partial charge in [0.2, 0.25) is 0 Å². The third-order valence-electron chi connectivity index (χ3n) is 4.44. The number of carboxylic acid groups (broad SMARTS) is 4. The van der Waals surface area contributed by atoms with Crippen LogP contribution in [0.15, 0.2) is 0 Å². The van der Waals surface area contributed by atoms with Crippen molar-refractivity contribution in [1.82, 2.24) is 0 Å². The highest BCUT2D eigenvalue weighted by Gasteiger charge is 2.19. The Labute approximate surface area is 153 Å². The highest BCUT2D eigenvalue weighted by atomic mass is 16.4. The summed E-state index contributed by atoms with van der Waals surface area (Å²) in [5, 5.41) is 35.6. The van der Waals surface area contributed by atoms with Gasteiger partial charge in [-0.25, -0.2) is 0 Å². The standard InChI is InChI=1S/C18H30O8/c19-15(20)11-5-3-9-13(17(23)24)7-1-2-8-14(18(25)26)10-4-6-12-16(21)22/h13-14H,1-12H2,(H,19,20)(H,21,22)(H,23,24)(H,25,26). The third kappa shape index (κ3) is 13.2. The van der Waals surface area contributed by atoms with Gasteiger partial charge in [-0.3, -0.25) is 19.2 Å². The quantitative estimate of drug-likeness (QED) is 0.283. The van der Waals surface area contributed by atoms with Gasteiger partial charge in [0, 0.05) is 12.8 Å². The monoisotopic (exact) mass is 374 g/mol. The van der Waals surface area contributed by atoms with E-state index < -0.39 is 35.7 Å². The Morgan fingerprint density at radius 1 is 0.500 bits per heavy atom. The third-order valence-corrected chi connectivity index (χ3v) is 4.44. The zero-order chi connectivity index (χ0) is 19.9. The van der Waals surface area contributed by atoms with E-state index in [1.165, 1.54) is 0 Å². The zero-order valence-corrected chi connectivity index (χ0v) is 15.1. The molecule has 8 nitrogen and oxygen atoms in total. The van der Waals surface area contributed by atoms with Gasteiger partial charge in [-0.2, -0.15) is 0 Å². The van der Waals surface area contributed by atoms with Gasteiger partial charge in [-0.1, -0.05) is 25.7 Å². The molecular weight excluding hydrogens is 344 g/mol. The van der Waals surface area contributed by atoms with Crippen LogP contribution in [0.1, 0.15) is 77.0 Å². The summed E-state index contributed by atoms with van der Waals surface area (Å²) in [5.74, 6) is -4.63. The number of aliphatic carboxylic acids is 4. The molecule has 2 unspecified atom stereocenters. The SMILES string of the molecule is O=C(O)CCCCC(CCCCC(CCCCC(=O)O)C(=O)O)C(=O)O. The van der Waals surface area contributed by atoms with Gasteiger partial charge in [0.05, 0.1) is 11.8 Å². The lowest BCUT2D eigenvalue weighted by molar-refractivity contribution is -0.143. The summed E-state index contributed by atoms with van der Waals surface area (Å²) < 4.78 is 0. The van der Waals surface area contributed by atoms with Crippen LogP contribution in [-0.2, 0) is 19.2 Å². The molecule has 0 rings (SSSR count). The van der Waals surface area contributed by atoms with Gasteiger partial charge in [-0.15, -0.1) is 0 Å². The van der Waals surface area contributed by atoms with Crippen molar-refractivity contribution in [3.8, 4) is 0 Å². The lowest BCUT2D eigenvalue weighted by Crippen LogP contribution is -2.16. The maximum absolute atomic E-state index is 11.2. The molecule has 2 atom stereocenters. The first kappa shape index (κ1) is 23.9. The van der Waals surface area contributed by atoms with Gasteiger partial charge in [0.1, 0.15) is 0 Å². The first-order valence-electron chi connectivity index (χ1n) is 9.13. The summed E-state index contributed by atoms with van der Waals surface area (Å²) in [7, 11) is 0. The van der Waals surface area contributed by atoms with Crippen molar-refractivity contribution in [3.05, 3.63) is 0 Å². The number of rotatable bonds is 17. The lowest BCUT2D eigenvalue weighted by Gasteiger charge is -2.14. The fourth-order valence-electron chi connectivity index (χ4n) is 2.90. The van der Waals surface area contributed by atoms with Crippen molar-refractivity contribution in [2.75, 3.05) is 0 Å². The number of unbranched alkanes of at least 4 members (excludes halogenated alkanes) is 3. The number of carboxylic acids is 4. The van der Waals surface area contributed by atoms with Crippen LogP contribution in [0, 0.1) is 11.8 Å². The van der Waals surface area contributed by atoms with E-state index in [1.54, 1.807) is 0 Å². The average Bonchev–Trinajstić information content (AvgIpc) is 2.53. The number of hydrogen-bond acceptors (Lipinski definition) is 4. The first-order valence-corrected chi connectivity index (χ1v) is 9.13. The largest absolute Gasteiger partial charge is 0.481 e. The van der Waals surface area contributed by atoms with Gasteiger partial charge in [-0.05, 0) is 38.5 Å². The number of hydrogen-bond donors (Lipinski definition) is 4. The summed E-state index contributed by atoms with van der Waals surface area (Å²) in [4.78, 5) is 43.4. The highest BCUT2D eigenvalue weighted by Crippen LogP contribution is 2.21. The smallest absolute Gasteiger partial charge is 0.306 e.